The molecule has 3 aromatic rings. The summed E-state index contributed by atoms with van der Waals surface area (Å²) in [6.07, 6.45) is 0.548. The van der Waals surface area contributed by atoms with E-state index >= 15 is 0 Å². The Balaban J connectivity index is 1.21. The van der Waals surface area contributed by atoms with E-state index in [9.17, 15) is 13.6 Å². The smallest absolute Gasteiger partial charge is 0.270 e. The lowest BCUT2D eigenvalue weighted by Gasteiger charge is -2.31. The fourth-order valence-corrected chi connectivity index (χ4v) is 4.58. The summed E-state index contributed by atoms with van der Waals surface area (Å²) in [6.45, 7) is 2.96. The van der Waals surface area contributed by atoms with Crippen LogP contribution in [0.1, 0.15) is 35.3 Å². The molecule has 32 heavy (non-hydrogen) atoms. The fourth-order valence-electron chi connectivity index (χ4n) is 4.58. The molecule has 0 spiro atoms. The quantitative estimate of drug-likeness (QED) is 0.627. The van der Waals surface area contributed by atoms with Crippen LogP contribution in [0.4, 0.5) is 8.78 Å². The third-order valence-corrected chi connectivity index (χ3v) is 6.39. The minimum Gasteiger partial charge on any atom is -0.489 e. The van der Waals surface area contributed by atoms with Crippen LogP contribution in [0, 0.1) is 0 Å². The van der Waals surface area contributed by atoms with E-state index in [1.165, 1.54) is 10.5 Å². The van der Waals surface area contributed by atoms with Crippen LogP contribution < -0.4 is 4.74 Å². The summed E-state index contributed by atoms with van der Waals surface area (Å²) < 4.78 is 33.0. The molecule has 2 aromatic carbocycles. The summed E-state index contributed by atoms with van der Waals surface area (Å²) in [6, 6.07) is 18.0. The number of aromatic nitrogens is 1. The fraction of sp³-hybridized carbons (Fsp3) is 0.400. The average Bonchev–Trinajstić information content (AvgIpc) is 3.40. The number of hydrogen-bond donors (Lipinski definition) is 1. The standard InChI is InChI=1S/C25H27F2N3O2/c26-25(27)9-12-30(13-10-25)24(31)23-15-19-14-20(6-7-22(19)28-23)32-21-8-11-29(17-21)16-18-4-2-1-3-5-18/h1-7,14-15,21,28H,8-13,16-17H2/t21-/m0/s1. The molecule has 1 atom stereocenters. The molecule has 2 aliphatic rings. The van der Waals surface area contributed by atoms with Gasteiger partial charge in [0.05, 0.1) is 0 Å². The van der Waals surface area contributed by atoms with Gasteiger partial charge in [0, 0.05) is 56.5 Å². The second-order valence-corrected chi connectivity index (χ2v) is 8.83. The number of alkyl halides is 2. The first-order valence-electron chi connectivity index (χ1n) is 11.2. The Morgan fingerprint density at radius 2 is 1.84 bits per heavy atom. The highest BCUT2D eigenvalue weighted by molar-refractivity contribution is 5.98. The van der Waals surface area contributed by atoms with E-state index in [0.717, 1.165) is 42.7 Å². The number of carbonyl (C=O) groups excluding carboxylic acids is 1. The Bertz CT molecular complexity index is 1090. The largest absolute Gasteiger partial charge is 0.489 e. The van der Waals surface area contributed by atoms with Gasteiger partial charge >= 0.3 is 0 Å². The van der Waals surface area contributed by atoms with Crippen LogP contribution in [0.5, 0.6) is 5.75 Å². The Kier molecular flexibility index (Phi) is 5.59. The molecule has 5 rings (SSSR count). The monoisotopic (exact) mass is 439 g/mol. The zero-order valence-corrected chi connectivity index (χ0v) is 17.9. The van der Waals surface area contributed by atoms with E-state index in [0.29, 0.717) is 5.69 Å². The summed E-state index contributed by atoms with van der Waals surface area (Å²) in [7, 11) is 0. The summed E-state index contributed by atoms with van der Waals surface area (Å²) in [5.74, 6) is -2.12. The van der Waals surface area contributed by atoms with Gasteiger partial charge in [-0.05, 0) is 36.2 Å². The molecule has 0 aliphatic carbocycles. The van der Waals surface area contributed by atoms with Crippen LogP contribution in [0.3, 0.4) is 0 Å². The number of fused-ring (bicyclic) bond motifs is 1. The number of aromatic amines is 1. The van der Waals surface area contributed by atoms with Crippen molar-refractivity contribution in [1.82, 2.24) is 14.8 Å². The molecule has 7 heteroatoms. The maximum atomic E-state index is 13.4. The second kappa shape index (κ2) is 8.54. The first-order valence-corrected chi connectivity index (χ1v) is 11.2. The number of piperidine rings is 1. The predicted molar refractivity (Wildman–Crippen MR) is 119 cm³/mol. The molecule has 0 bridgehead atoms. The van der Waals surface area contributed by atoms with Gasteiger partial charge < -0.3 is 14.6 Å². The number of benzene rings is 2. The molecule has 1 amide bonds. The minimum absolute atomic E-state index is 0.0801. The van der Waals surface area contributed by atoms with Crippen LogP contribution in [-0.2, 0) is 6.54 Å². The van der Waals surface area contributed by atoms with E-state index in [-0.39, 0.29) is 37.9 Å². The lowest BCUT2D eigenvalue weighted by molar-refractivity contribution is -0.0495. The summed E-state index contributed by atoms with van der Waals surface area (Å²) in [4.78, 5) is 19.8. The van der Waals surface area contributed by atoms with Crippen LogP contribution in [0.2, 0.25) is 0 Å². The van der Waals surface area contributed by atoms with Crippen molar-refractivity contribution in [3.63, 3.8) is 0 Å². The number of likely N-dealkylation sites (tertiary alicyclic amines) is 2. The lowest BCUT2D eigenvalue weighted by Crippen LogP contribution is -2.42. The molecular formula is C25H27F2N3O2. The molecule has 5 nitrogen and oxygen atoms in total. The number of carbonyl (C=O) groups is 1. The van der Waals surface area contributed by atoms with E-state index in [1.54, 1.807) is 6.07 Å². The molecule has 3 heterocycles. The van der Waals surface area contributed by atoms with Gasteiger partial charge in [-0.3, -0.25) is 9.69 Å². The van der Waals surface area contributed by atoms with Crippen molar-refractivity contribution in [2.45, 2.75) is 37.8 Å². The first kappa shape index (κ1) is 20.9. The van der Waals surface area contributed by atoms with Crippen molar-refractivity contribution >= 4 is 16.8 Å². The second-order valence-electron chi connectivity index (χ2n) is 8.83. The molecule has 1 N–H and O–H groups in total. The molecular weight excluding hydrogens is 412 g/mol. The van der Waals surface area contributed by atoms with Crippen molar-refractivity contribution in [2.24, 2.45) is 0 Å². The van der Waals surface area contributed by atoms with Gasteiger partial charge in [-0.1, -0.05) is 30.3 Å². The molecule has 2 aliphatic heterocycles. The van der Waals surface area contributed by atoms with Crippen molar-refractivity contribution in [3.8, 4) is 5.75 Å². The number of nitrogens with one attached hydrogen (secondary N) is 1. The summed E-state index contributed by atoms with van der Waals surface area (Å²) in [5, 5.41) is 0.882. The van der Waals surface area contributed by atoms with E-state index in [1.807, 2.05) is 24.3 Å². The van der Waals surface area contributed by atoms with Crippen LogP contribution >= 0.6 is 0 Å². The maximum Gasteiger partial charge on any atom is 0.270 e. The van der Waals surface area contributed by atoms with Crippen molar-refractivity contribution < 1.29 is 18.3 Å². The van der Waals surface area contributed by atoms with Crippen LogP contribution in [0.15, 0.2) is 54.6 Å². The third-order valence-electron chi connectivity index (χ3n) is 6.39. The highest BCUT2D eigenvalue weighted by Crippen LogP contribution is 2.29. The van der Waals surface area contributed by atoms with Crippen LogP contribution in [-0.4, -0.2) is 58.9 Å². The zero-order chi connectivity index (χ0) is 22.1. The molecule has 2 fully saturated rings. The normalized spacial score (nSPS) is 21.2. The SMILES string of the molecule is O=C(c1cc2cc(O[C@H]3CCN(Cc4ccccc4)C3)ccc2[nH]1)N1CCC(F)(F)CC1. The Hall–Kier alpha value is -2.93. The Morgan fingerprint density at radius 1 is 1.06 bits per heavy atom. The summed E-state index contributed by atoms with van der Waals surface area (Å²) >= 11 is 0. The maximum absolute atomic E-state index is 13.4. The zero-order valence-electron chi connectivity index (χ0n) is 17.9. The van der Waals surface area contributed by atoms with Gasteiger partial charge in [0.25, 0.3) is 11.8 Å². The number of H-pyrrole nitrogens is 1. The minimum atomic E-state index is -2.67. The number of halogens is 2. The molecule has 2 saturated heterocycles. The highest BCUT2D eigenvalue weighted by atomic mass is 19.3. The van der Waals surface area contributed by atoms with Gasteiger partial charge in [0.1, 0.15) is 17.5 Å². The number of amides is 1. The molecule has 168 valence electrons. The van der Waals surface area contributed by atoms with Crippen molar-refractivity contribution in [2.75, 3.05) is 26.2 Å². The number of hydrogen-bond acceptors (Lipinski definition) is 3. The van der Waals surface area contributed by atoms with Crippen molar-refractivity contribution in [1.29, 1.82) is 0 Å². The predicted octanol–water partition coefficient (Wildman–Crippen LogP) is 4.69. The topological polar surface area (TPSA) is 48.6 Å². The number of rotatable bonds is 5. The van der Waals surface area contributed by atoms with E-state index < -0.39 is 5.92 Å². The first-order chi connectivity index (χ1) is 15.4. The number of nitrogens with zero attached hydrogens (tertiary/aromatic N) is 2. The van der Waals surface area contributed by atoms with Crippen LogP contribution in [0.25, 0.3) is 10.9 Å². The van der Waals surface area contributed by atoms with Gasteiger partial charge in [-0.25, -0.2) is 8.78 Å². The Morgan fingerprint density at radius 3 is 2.62 bits per heavy atom. The molecule has 0 saturated carbocycles. The lowest BCUT2D eigenvalue weighted by atomic mass is 10.1. The molecule has 0 unspecified atom stereocenters. The average molecular weight is 440 g/mol. The van der Waals surface area contributed by atoms with Gasteiger partial charge in [0.15, 0.2) is 0 Å². The summed E-state index contributed by atoms with van der Waals surface area (Å²) in [5.41, 5.74) is 2.56. The van der Waals surface area contributed by atoms with Gasteiger partial charge in [-0.15, -0.1) is 0 Å². The van der Waals surface area contributed by atoms with Gasteiger partial charge in [-0.2, -0.15) is 0 Å². The Labute approximate surface area is 186 Å². The highest BCUT2D eigenvalue weighted by Gasteiger charge is 2.36. The number of ether oxygens (including phenoxy) is 1. The van der Waals surface area contributed by atoms with Crippen molar-refractivity contribution in [3.05, 3.63) is 65.9 Å². The van der Waals surface area contributed by atoms with E-state index in [4.69, 9.17) is 4.74 Å². The molecule has 1 aromatic heterocycles. The molecule has 0 radical (unpaired) electrons. The third kappa shape index (κ3) is 4.63. The van der Waals surface area contributed by atoms with Gasteiger partial charge in [0.2, 0.25) is 0 Å². The van der Waals surface area contributed by atoms with E-state index in [2.05, 4.69) is 34.1 Å².